The van der Waals surface area contributed by atoms with Crippen molar-refractivity contribution >= 4 is 5.97 Å². The number of carboxylic acid groups (broad SMARTS) is 1. The lowest BCUT2D eigenvalue weighted by Gasteiger charge is -2.17. The summed E-state index contributed by atoms with van der Waals surface area (Å²) in [7, 11) is 0. The summed E-state index contributed by atoms with van der Waals surface area (Å²) >= 11 is 0. The smallest absolute Gasteiger partial charge is 0.335 e. The van der Waals surface area contributed by atoms with Crippen LogP contribution in [0.1, 0.15) is 29.8 Å². The molecule has 3 nitrogen and oxygen atoms in total. The van der Waals surface area contributed by atoms with E-state index in [0.717, 1.165) is 19.6 Å². The van der Waals surface area contributed by atoms with Gasteiger partial charge in [0.1, 0.15) is 0 Å². The lowest BCUT2D eigenvalue weighted by molar-refractivity contribution is 0.0697. The second kappa shape index (κ2) is 9.72. The van der Waals surface area contributed by atoms with Crippen LogP contribution >= 0.6 is 0 Å². The Morgan fingerprint density at radius 1 is 0.905 bits per heavy atom. The first-order chi connectivity index (χ1) is 10.2. The summed E-state index contributed by atoms with van der Waals surface area (Å²) in [5.74, 6) is -0.879. The first-order valence-corrected chi connectivity index (χ1v) is 7.22. The molecular formula is C18H23NO2. The molecule has 0 bridgehead atoms. The zero-order chi connectivity index (χ0) is 15.5. The van der Waals surface area contributed by atoms with Crippen LogP contribution in [0.4, 0.5) is 0 Å². The van der Waals surface area contributed by atoms with Gasteiger partial charge in [-0.2, -0.15) is 0 Å². The van der Waals surface area contributed by atoms with E-state index in [9.17, 15) is 4.79 Å². The molecule has 112 valence electrons. The molecule has 0 aromatic heterocycles. The van der Waals surface area contributed by atoms with Crippen LogP contribution in [0.3, 0.4) is 0 Å². The maximum absolute atomic E-state index is 10.2. The third-order valence-electron chi connectivity index (χ3n) is 3.16. The van der Waals surface area contributed by atoms with Crippen LogP contribution in [0, 0.1) is 0 Å². The zero-order valence-electron chi connectivity index (χ0n) is 12.7. The second-order valence-electron chi connectivity index (χ2n) is 4.62. The Morgan fingerprint density at radius 2 is 1.38 bits per heavy atom. The fourth-order valence-corrected chi connectivity index (χ4v) is 1.87. The molecule has 1 N–H and O–H groups in total. The molecule has 0 atom stereocenters. The number of carbonyl (C=O) groups is 1. The molecule has 2 aromatic rings. The normalized spacial score (nSPS) is 9.86. The lowest BCUT2D eigenvalue weighted by atomic mass is 10.2. The predicted octanol–water partition coefficient (Wildman–Crippen LogP) is 3.91. The van der Waals surface area contributed by atoms with Crippen molar-refractivity contribution in [3.05, 3.63) is 71.8 Å². The standard InChI is InChI=1S/C11H17N.C7H6O2/c1-3-12(4-2)10-11-8-6-5-7-9-11;8-7(9)6-4-2-1-3-5-6/h5-9H,3-4,10H2,1-2H3;1-5H,(H,8,9). The van der Waals surface area contributed by atoms with Crippen molar-refractivity contribution in [2.75, 3.05) is 13.1 Å². The van der Waals surface area contributed by atoms with Gasteiger partial charge >= 0.3 is 5.97 Å². The number of hydrogen-bond donors (Lipinski definition) is 1. The second-order valence-corrected chi connectivity index (χ2v) is 4.62. The van der Waals surface area contributed by atoms with Gasteiger partial charge in [-0.25, -0.2) is 4.79 Å². The van der Waals surface area contributed by atoms with Crippen LogP contribution in [0.2, 0.25) is 0 Å². The summed E-state index contributed by atoms with van der Waals surface area (Å²) in [4.78, 5) is 12.6. The van der Waals surface area contributed by atoms with E-state index in [4.69, 9.17) is 5.11 Å². The van der Waals surface area contributed by atoms with E-state index in [1.54, 1.807) is 30.3 Å². The molecule has 0 saturated carbocycles. The Morgan fingerprint density at radius 3 is 1.76 bits per heavy atom. The van der Waals surface area contributed by atoms with Crippen LogP contribution in [-0.4, -0.2) is 29.1 Å². The highest BCUT2D eigenvalue weighted by Crippen LogP contribution is 2.02. The van der Waals surface area contributed by atoms with Gasteiger partial charge in [-0.3, -0.25) is 4.90 Å². The van der Waals surface area contributed by atoms with Crippen molar-refractivity contribution in [1.29, 1.82) is 0 Å². The Balaban J connectivity index is 0.000000219. The van der Waals surface area contributed by atoms with Crippen LogP contribution in [-0.2, 0) is 6.54 Å². The molecule has 0 aliphatic heterocycles. The topological polar surface area (TPSA) is 40.5 Å². The van der Waals surface area contributed by atoms with Gasteiger partial charge in [0.25, 0.3) is 0 Å². The summed E-state index contributed by atoms with van der Waals surface area (Å²) in [5, 5.41) is 8.38. The van der Waals surface area contributed by atoms with Gasteiger partial charge in [-0.1, -0.05) is 62.4 Å². The minimum absolute atomic E-state index is 0.331. The Hall–Kier alpha value is -2.13. The lowest BCUT2D eigenvalue weighted by Crippen LogP contribution is -2.21. The molecular weight excluding hydrogens is 262 g/mol. The average Bonchev–Trinajstić information content (AvgIpc) is 2.55. The van der Waals surface area contributed by atoms with Crippen LogP contribution in [0.15, 0.2) is 60.7 Å². The van der Waals surface area contributed by atoms with E-state index < -0.39 is 5.97 Å². The van der Waals surface area contributed by atoms with Crippen LogP contribution in [0.5, 0.6) is 0 Å². The van der Waals surface area contributed by atoms with Gasteiger partial charge in [0.2, 0.25) is 0 Å². The third kappa shape index (κ3) is 6.72. The third-order valence-corrected chi connectivity index (χ3v) is 3.16. The summed E-state index contributed by atoms with van der Waals surface area (Å²) in [6, 6.07) is 18.9. The van der Waals surface area contributed by atoms with E-state index >= 15 is 0 Å². The largest absolute Gasteiger partial charge is 0.478 e. The first kappa shape index (κ1) is 16.9. The number of hydrogen-bond acceptors (Lipinski definition) is 2. The summed E-state index contributed by atoms with van der Waals surface area (Å²) in [6.07, 6.45) is 0. The predicted molar refractivity (Wildman–Crippen MR) is 86.5 cm³/mol. The maximum atomic E-state index is 10.2. The molecule has 0 radical (unpaired) electrons. The van der Waals surface area contributed by atoms with Crippen LogP contribution in [0.25, 0.3) is 0 Å². The molecule has 0 spiro atoms. The number of nitrogens with zero attached hydrogens (tertiary/aromatic N) is 1. The molecule has 3 heteroatoms. The van der Waals surface area contributed by atoms with Crippen molar-refractivity contribution in [3.8, 4) is 0 Å². The minimum Gasteiger partial charge on any atom is -0.478 e. The molecule has 2 aromatic carbocycles. The van der Waals surface area contributed by atoms with Crippen molar-refractivity contribution in [3.63, 3.8) is 0 Å². The highest BCUT2D eigenvalue weighted by Gasteiger charge is 1.98. The quantitative estimate of drug-likeness (QED) is 0.905. The fourth-order valence-electron chi connectivity index (χ4n) is 1.87. The highest BCUT2D eigenvalue weighted by molar-refractivity contribution is 5.87. The van der Waals surface area contributed by atoms with E-state index in [1.807, 2.05) is 0 Å². The van der Waals surface area contributed by atoms with Gasteiger partial charge in [0.15, 0.2) is 0 Å². The molecule has 0 aliphatic rings. The van der Waals surface area contributed by atoms with E-state index in [0.29, 0.717) is 5.56 Å². The molecule has 0 saturated heterocycles. The minimum atomic E-state index is -0.879. The van der Waals surface area contributed by atoms with Crippen molar-refractivity contribution in [2.45, 2.75) is 20.4 Å². The maximum Gasteiger partial charge on any atom is 0.335 e. The highest BCUT2D eigenvalue weighted by atomic mass is 16.4. The number of aromatic carboxylic acids is 1. The molecule has 0 fully saturated rings. The van der Waals surface area contributed by atoms with E-state index in [-0.39, 0.29) is 0 Å². The van der Waals surface area contributed by atoms with Gasteiger partial charge in [0.05, 0.1) is 5.56 Å². The Bertz CT molecular complexity index is 507. The first-order valence-electron chi connectivity index (χ1n) is 7.22. The molecule has 21 heavy (non-hydrogen) atoms. The SMILES string of the molecule is CCN(CC)Cc1ccccc1.O=C(O)c1ccccc1. The fraction of sp³-hybridized carbons (Fsp3) is 0.278. The number of benzene rings is 2. The Labute approximate surface area is 126 Å². The molecule has 0 unspecified atom stereocenters. The van der Waals surface area contributed by atoms with Gasteiger partial charge in [-0.15, -0.1) is 0 Å². The van der Waals surface area contributed by atoms with Crippen LogP contribution < -0.4 is 0 Å². The van der Waals surface area contributed by atoms with Gasteiger partial charge in [-0.05, 0) is 30.8 Å². The van der Waals surface area contributed by atoms with E-state index in [1.165, 1.54) is 5.56 Å². The average molecular weight is 285 g/mol. The van der Waals surface area contributed by atoms with E-state index in [2.05, 4.69) is 49.1 Å². The van der Waals surface area contributed by atoms with Crippen molar-refractivity contribution in [1.82, 2.24) is 4.90 Å². The Kier molecular flexibility index (Phi) is 7.84. The van der Waals surface area contributed by atoms with Crippen molar-refractivity contribution < 1.29 is 9.90 Å². The monoisotopic (exact) mass is 285 g/mol. The van der Waals surface area contributed by atoms with Gasteiger partial charge in [0, 0.05) is 6.54 Å². The summed E-state index contributed by atoms with van der Waals surface area (Å²) in [6.45, 7) is 7.74. The molecule has 0 amide bonds. The van der Waals surface area contributed by atoms with Gasteiger partial charge < -0.3 is 5.11 Å². The summed E-state index contributed by atoms with van der Waals surface area (Å²) < 4.78 is 0. The molecule has 2 rings (SSSR count). The summed E-state index contributed by atoms with van der Waals surface area (Å²) in [5.41, 5.74) is 1.73. The number of carboxylic acids is 1. The zero-order valence-corrected chi connectivity index (χ0v) is 12.7. The van der Waals surface area contributed by atoms with Crippen molar-refractivity contribution in [2.24, 2.45) is 0 Å². The number of rotatable bonds is 5. The molecule has 0 aliphatic carbocycles. The molecule has 0 heterocycles.